The van der Waals surface area contributed by atoms with Gasteiger partial charge in [0.2, 0.25) is 0 Å². The summed E-state index contributed by atoms with van der Waals surface area (Å²) >= 11 is 5.63. The number of unbranched alkanes of at least 4 members (excludes halogenated alkanes) is 1. The molecule has 21 heavy (non-hydrogen) atoms. The van der Waals surface area contributed by atoms with E-state index in [0.29, 0.717) is 0 Å². The summed E-state index contributed by atoms with van der Waals surface area (Å²) in [7, 11) is 0. The zero-order valence-corrected chi connectivity index (χ0v) is 13.6. The molecule has 4 nitrogen and oxygen atoms in total. The molecule has 1 unspecified atom stereocenters. The molecule has 1 aliphatic heterocycles. The number of nitrogens with one attached hydrogen (secondary N) is 1. The van der Waals surface area contributed by atoms with Crippen molar-refractivity contribution in [1.29, 1.82) is 0 Å². The molecule has 0 amide bonds. The van der Waals surface area contributed by atoms with E-state index in [1.165, 1.54) is 12.8 Å². The summed E-state index contributed by atoms with van der Waals surface area (Å²) in [6.45, 7) is 6.58. The highest BCUT2D eigenvalue weighted by molar-refractivity contribution is 7.80. The van der Waals surface area contributed by atoms with Crippen molar-refractivity contribution in [2.24, 2.45) is 0 Å². The smallest absolute Gasteiger partial charge is 0.0855 e. The van der Waals surface area contributed by atoms with E-state index in [4.69, 9.17) is 17.0 Å². The van der Waals surface area contributed by atoms with Gasteiger partial charge in [-0.2, -0.15) is 0 Å². The summed E-state index contributed by atoms with van der Waals surface area (Å²) in [5.74, 6) is 0.224. The molecule has 116 valence electrons. The Morgan fingerprint density at radius 2 is 2.24 bits per heavy atom. The minimum absolute atomic E-state index is 0.224. The van der Waals surface area contributed by atoms with Crippen LogP contribution in [0.5, 0.6) is 0 Å². The molecule has 2 rings (SSSR count). The van der Waals surface area contributed by atoms with Gasteiger partial charge in [-0.25, -0.2) is 0 Å². The van der Waals surface area contributed by atoms with Crippen LogP contribution in [0, 0.1) is 0 Å². The first kappa shape index (κ1) is 16.3. The fourth-order valence-corrected chi connectivity index (χ4v) is 2.78. The van der Waals surface area contributed by atoms with E-state index in [9.17, 15) is 0 Å². The van der Waals surface area contributed by atoms with Gasteiger partial charge in [-0.3, -0.25) is 9.88 Å². The average Bonchev–Trinajstić information content (AvgIpc) is 2.55. The number of rotatable bonds is 7. The van der Waals surface area contributed by atoms with Gasteiger partial charge in [0.15, 0.2) is 0 Å². The van der Waals surface area contributed by atoms with Gasteiger partial charge >= 0.3 is 0 Å². The molecule has 0 radical (unpaired) electrons. The van der Waals surface area contributed by atoms with Crippen LogP contribution in [0.2, 0.25) is 0 Å². The molecule has 1 aromatic heterocycles. The van der Waals surface area contributed by atoms with Gasteiger partial charge in [-0.1, -0.05) is 38.0 Å². The monoisotopic (exact) mass is 307 g/mol. The van der Waals surface area contributed by atoms with Crippen LogP contribution in [-0.4, -0.2) is 47.8 Å². The lowest BCUT2D eigenvalue weighted by Crippen LogP contribution is -2.44. The fraction of sp³-hybridized carbons (Fsp3) is 0.625. The first-order valence-corrected chi connectivity index (χ1v) is 8.21. The topological polar surface area (TPSA) is 37.4 Å². The van der Waals surface area contributed by atoms with Crippen molar-refractivity contribution in [3.63, 3.8) is 0 Å². The molecular weight excluding hydrogens is 282 g/mol. The van der Waals surface area contributed by atoms with Crippen molar-refractivity contribution in [2.75, 3.05) is 33.0 Å². The van der Waals surface area contributed by atoms with E-state index >= 15 is 0 Å². The summed E-state index contributed by atoms with van der Waals surface area (Å²) in [6, 6.07) is 6.06. The molecule has 1 aromatic rings. The largest absolute Gasteiger partial charge is 0.379 e. The van der Waals surface area contributed by atoms with E-state index in [2.05, 4.69) is 28.2 Å². The first-order chi connectivity index (χ1) is 10.3. The summed E-state index contributed by atoms with van der Waals surface area (Å²) in [6.07, 6.45) is 5.25. The Kier molecular flexibility index (Phi) is 7.06. The molecular formula is C16H25N3OS. The first-order valence-electron chi connectivity index (χ1n) is 7.80. The lowest BCUT2D eigenvalue weighted by molar-refractivity contribution is 0.0366. The molecule has 1 fully saturated rings. The van der Waals surface area contributed by atoms with Crippen LogP contribution in [0.3, 0.4) is 0 Å². The Morgan fingerprint density at radius 1 is 1.43 bits per heavy atom. The molecule has 5 heteroatoms. The average molecular weight is 307 g/mol. The van der Waals surface area contributed by atoms with Crippen molar-refractivity contribution >= 4 is 17.2 Å². The third kappa shape index (κ3) is 5.34. The van der Waals surface area contributed by atoms with Crippen LogP contribution in [0.15, 0.2) is 24.4 Å². The molecule has 0 aromatic carbocycles. The summed E-state index contributed by atoms with van der Waals surface area (Å²) in [4.78, 5) is 7.74. The van der Waals surface area contributed by atoms with Crippen molar-refractivity contribution in [1.82, 2.24) is 15.2 Å². The van der Waals surface area contributed by atoms with Gasteiger partial charge in [-0.05, 0) is 18.6 Å². The molecule has 1 N–H and O–H groups in total. The predicted molar refractivity (Wildman–Crippen MR) is 89.5 cm³/mol. The Labute approximate surface area is 132 Å². The number of hydrogen-bond donors (Lipinski definition) is 1. The van der Waals surface area contributed by atoms with Crippen LogP contribution < -0.4 is 5.32 Å². The van der Waals surface area contributed by atoms with Crippen LogP contribution >= 0.6 is 12.2 Å². The Hall–Kier alpha value is -1.04. The van der Waals surface area contributed by atoms with E-state index in [1.54, 1.807) is 0 Å². The highest BCUT2D eigenvalue weighted by atomic mass is 32.1. The quantitative estimate of drug-likeness (QED) is 0.784. The third-order valence-corrected chi connectivity index (χ3v) is 4.22. The minimum atomic E-state index is 0.224. The van der Waals surface area contributed by atoms with Gasteiger partial charge < -0.3 is 10.1 Å². The highest BCUT2D eigenvalue weighted by Crippen LogP contribution is 2.21. The van der Waals surface area contributed by atoms with Crippen LogP contribution in [0.4, 0.5) is 0 Å². The van der Waals surface area contributed by atoms with Crippen LogP contribution in [0.25, 0.3) is 0 Å². The second kappa shape index (κ2) is 9.07. The second-order valence-electron chi connectivity index (χ2n) is 5.38. The lowest BCUT2D eigenvalue weighted by atomic mass is 9.97. The number of aromatic nitrogens is 1. The maximum atomic E-state index is 5.63. The zero-order chi connectivity index (χ0) is 14.9. The van der Waals surface area contributed by atoms with Crippen molar-refractivity contribution < 1.29 is 4.74 Å². The molecule has 0 spiro atoms. The van der Waals surface area contributed by atoms with Crippen LogP contribution in [0.1, 0.15) is 37.8 Å². The molecule has 1 atom stereocenters. The highest BCUT2D eigenvalue weighted by Gasteiger charge is 2.18. The summed E-state index contributed by atoms with van der Waals surface area (Å²) in [5, 5.41) is 3.42. The number of nitrogens with zero attached hydrogens (tertiary/aromatic N) is 2. The van der Waals surface area contributed by atoms with E-state index in [-0.39, 0.29) is 5.92 Å². The van der Waals surface area contributed by atoms with Gasteiger partial charge in [0.05, 0.1) is 36.5 Å². The maximum absolute atomic E-state index is 5.63. The lowest BCUT2D eigenvalue weighted by Gasteiger charge is -2.28. The normalized spacial score (nSPS) is 17.4. The van der Waals surface area contributed by atoms with Gasteiger partial charge in [0.25, 0.3) is 0 Å². The standard InChI is InChI=1S/C16H25N3OS/c1-2-3-6-14(15-7-4-5-8-17-15)16(21)18-13-19-9-11-20-12-10-19/h4-5,7-8,14H,2-3,6,9-13H2,1H3,(H,18,21). The van der Waals surface area contributed by atoms with Crippen molar-refractivity contribution in [3.8, 4) is 0 Å². The summed E-state index contributed by atoms with van der Waals surface area (Å²) in [5.41, 5.74) is 1.07. The van der Waals surface area contributed by atoms with Crippen LogP contribution in [-0.2, 0) is 4.74 Å². The summed E-state index contributed by atoms with van der Waals surface area (Å²) < 4.78 is 5.36. The number of pyridine rings is 1. The number of thiocarbonyl (C=S) groups is 1. The van der Waals surface area contributed by atoms with Gasteiger partial charge in [0, 0.05) is 19.3 Å². The Balaban J connectivity index is 1.90. The van der Waals surface area contributed by atoms with Crippen molar-refractivity contribution in [2.45, 2.75) is 32.1 Å². The zero-order valence-electron chi connectivity index (χ0n) is 12.8. The maximum Gasteiger partial charge on any atom is 0.0855 e. The van der Waals surface area contributed by atoms with E-state index in [1.807, 2.05) is 18.3 Å². The van der Waals surface area contributed by atoms with Gasteiger partial charge in [0.1, 0.15) is 0 Å². The molecule has 0 bridgehead atoms. The van der Waals surface area contributed by atoms with Crippen molar-refractivity contribution in [3.05, 3.63) is 30.1 Å². The third-order valence-electron chi connectivity index (χ3n) is 3.79. The fourth-order valence-electron chi connectivity index (χ4n) is 2.48. The molecule has 2 heterocycles. The molecule has 0 saturated carbocycles. The predicted octanol–water partition coefficient (Wildman–Crippen LogP) is 2.56. The number of hydrogen-bond acceptors (Lipinski definition) is 4. The second-order valence-corrected chi connectivity index (χ2v) is 5.82. The van der Waals surface area contributed by atoms with E-state index < -0.39 is 0 Å². The number of ether oxygens (including phenoxy) is 1. The molecule has 0 aliphatic carbocycles. The van der Waals surface area contributed by atoms with Gasteiger partial charge in [-0.15, -0.1) is 0 Å². The van der Waals surface area contributed by atoms with E-state index in [0.717, 1.165) is 50.1 Å². The Morgan fingerprint density at radius 3 is 2.90 bits per heavy atom. The SMILES string of the molecule is CCCCC(C(=S)NCN1CCOCC1)c1ccccn1. The number of morpholine rings is 1. The Bertz CT molecular complexity index is 421. The molecule has 1 saturated heterocycles. The molecule has 1 aliphatic rings. The minimum Gasteiger partial charge on any atom is -0.379 e.